The van der Waals surface area contributed by atoms with Crippen LogP contribution in [0.3, 0.4) is 0 Å². The Hall–Kier alpha value is -1.55. The number of piperidine rings is 1. The van der Waals surface area contributed by atoms with E-state index in [1.807, 2.05) is 13.0 Å². The summed E-state index contributed by atoms with van der Waals surface area (Å²) in [4.78, 5) is 13.5. The standard InChI is InChI=1S/C19H29NO3/c1-3-17-8-5-6-11-20(17)12-7-13-23-18-10-9-16(15-21)14-19(18)22-4-2/h9-10,14-15,17H,3-8,11-13H2,1-2H3/t17-/m0/s1. The number of ether oxygens (including phenoxy) is 2. The number of hydrogen-bond acceptors (Lipinski definition) is 4. The molecule has 1 aliphatic heterocycles. The maximum absolute atomic E-state index is 10.9. The van der Waals surface area contributed by atoms with Crippen molar-refractivity contribution >= 4 is 6.29 Å². The smallest absolute Gasteiger partial charge is 0.161 e. The molecule has 0 radical (unpaired) electrons. The molecule has 1 aromatic carbocycles. The molecule has 1 heterocycles. The Morgan fingerprint density at radius 2 is 2.09 bits per heavy atom. The minimum absolute atomic E-state index is 0.560. The summed E-state index contributed by atoms with van der Waals surface area (Å²) >= 11 is 0. The predicted molar refractivity (Wildman–Crippen MR) is 92.6 cm³/mol. The summed E-state index contributed by atoms with van der Waals surface area (Å²) in [6.07, 6.45) is 7.10. The van der Waals surface area contributed by atoms with E-state index in [0.29, 0.717) is 24.5 Å². The van der Waals surface area contributed by atoms with Crippen LogP contribution in [0.15, 0.2) is 18.2 Å². The zero-order chi connectivity index (χ0) is 16.5. The summed E-state index contributed by atoms with van der Waals surface area (Å²) in [5.74, 6) is 1.38. The summed E-state index contributed by atoms with van der Waals surface area (Å²) < 4.78 is 11.4. The molecule has 0 N–H and O–H groups in total. The topological polar surface area (TPSA) is 38.8 Å². The Morgan fingerprint density at radius 3 is 2.83 bits per heavy atom. The Bertz CT molecular complexity index is 490. The second-order valence-corrected chi connectivity index (χ2v) is 6.05. The van der Waals surface area contributed by atoms with Gasteiger partial charge in [-0.15, -0.1) is 0 Å². The second-order valence-electron chi connectivity index (χ2n) is 6.05. The van der Waals surface area contributed by atoms with Crippen LogP contribution in [-0.4, -0.2) is 43.5 Å². The monoisotopic (exact) mass is 319 g/mol. The molecule has 2 rings (SSSR count). The van der Waals surface area contributed by atoms with E-state index < -0.39 is 0 Å². The number of aldehydes is 1. The molecule has 1 atom stereocenters. The number of carbonyl (C=O) groups excluding carboxylic acids is 1. The molecular formula is C19H29NO3. The second kappa shape index (κ2) is 9.56. The van der Waals surface area contributed by atoms with Crippen molar-refractivity contribution in [1.82, 2.24) is 4.90 Å². The lowest BCUT2D eigenvalue weighted by Gasteiger charge is -2.35. The Balaban J connectivity index is 1.82. The fourth-order valence-corrected chi connectivity index (χ4v) is 3.25. The van der Waals surface area contributed by atoms with Crippen molar-refractivity contribution < 1.29 is 14.3 Å². The van der Waals surface area contributed by atoms with Crippen LogP contribution in [0.4, 0.5) is 0 Å². The van der Waals surface area contributed by atoms with Crippen LogP contribution in [0.2, 0.25) is 0 Å². The highest BCUT2D eigenvalue weighted by Gasteiger charge is 2.19. The summed E-state index contributed by atoms with van der Waals surface area (Å²) in [6.45, 7) is 7.75. The number of rotatable bonds is 9. The van der Waals surface area contributed by atoms with Gasteiger partial charge in [0.05, 0.1) is 13.2 Å². The van der Waals surface area contributed by atoms with E-state index in [2.05, 4.69) is 11.8 Å². The molecule has 0 spiro atoms. The number of hydrogen-bond donors (Lipinski definition) is 0. The minimum Gasteiger partial charge on any atom is -0.490 e. The molecule has 1 aliphatic rings. The van der Waals surface area contributed by atoms with Gasteiger partial charge in [0.25, 0.3) is 0 Å². The van der Waals surface area contributed by atoms with Crippen LogP contribution in [0.1, 0.15) is 56.3 Å². The molecule has 23 heavy (non-hydrogen) atoms. The summed E-state index contributed by atoms with van der Waals surface area (Å²) in [7, 11) is 0. The van der Waals surface area contributed by atoms with Crippen LogP contribution in [0, 0.1) is 0 Å². The molecule has 1 fully saturated rings. The van der Waals surface area contributed by atoms with Gasteiger partial charge in [0, 0.05) is 18.2 Å². The number of nitrogens with zero attached hydrogens (tertiary/aromatic N) is 1. The lowest BCUT2D eigenvalue weighted by Crippen LogP contribution is -2.40. The zero-order valence-electron chi connectivity index (χ0n) is 14.4. The SMILES string of the molecule is CCOc1cc(C=O)ccc1OCCCN1CCCC[C@@H]1CC. The van der Waals surface area contributed by atoms with Gasteiger partial charge in [0.1, 0.15) is 6.29 Å². The Labute approximate surface area is 139 Å². The molecule has 0 aromatic heterocycles. The van der Waals surface area contributed by atoms with Crippen molar-refractivity contribution in [2.75, 3.05) is 26.3 Å². The number of benzene rings is 1. The molecule has 0 saturated carbocycles. The quantitative estimate of drug-likeness (QED) is 0.510. The molecule has 4 heteroatoms. The van der Waals surface area contributed by atoms with Crippen LogP contribution in [-0.2, 0) is 0 Å². The van der Waals surface area contributed by atoms with Crippen molar-refractivity contribution in [3.8, 4) is 11.5 Å². The average Bonchev–Trinajstić information content (AvgIpc) is 2.60. The highest BCUT2D eigenvalue weighted by molar-refractivity contribution is 5.76. The number of carbonyl (C=O) groups is 1. The summed E-state index contributed by atoms with van der Waals surface area (Å²) in [5, 5.41) is 0. The van der Waals surface area contributed by atoms with Crippen LogP contribution >= 0.6 is 0 Å². The van der Waals surface area contributed by atoms with Gasteiger partial charge in [-0.25, -0.2) is 0 Å². The maximum atomic E-state index is 10.9. The van der Waals surface area contributed by atoms with Gasteiger partial charge < -0.3 is 14.4 Å². The molecule has 0 unspecified atom stereocenters. The highest BCUT2D eigenvalue weighted by Crippen LogP contribution is 2.28. The largest absolute Gasteiger partial charge is 0.490 e. The molecule has 0 aliphatic carbocycles. The van der Waals surface area contributed by atoms with E-state index in [1.54, 1.807) is 12.1 Å². The normalized spacial score (nSPS) is 18.6. The van der Waals surface area contributed by atoms with E-state index in [-0.39, 0.29) is 0 Å². The maximum Gasteiger partial charge on any atom is 0.161 e. The Kier molecular flexibility index (Phi) is 7.40. The van der Waals surface area contributed by atoms with Gasteiger partial charge in [-0.05, 0) is 57.4 Å². The average molecular weight is 319 g/mol. The van der Waals surface area contributed by atoms with Gasteiger partial charge in [-0.1, -0.05) is 13.3 Å². The fourth-order valence-electron chi connectivity index (χ4n) is 3.25. The van der Waals surface area contributed by atoms with E-state index >= 15 is 0 Å². The molecule has 0 amide bonds. The Morgan fingerprint density at radius 1 is 1.22 bits per heavy atom. The lowest BCUT2D eigenvalue weighted by molar-refractivity contribution is 0.112. The first-order valence-electron chi connectivity index (χ1n) is 8.87. The molecule has 1 aromatic rings. The predicted octanol–water partition coefficient (Wildman–Crippen LogP) is 3.93. The van der Waals surface area contributed by atoms with E-state index in [4.69, 9.17) is 9.47 Å². The first-order valence-corrected chi connectivity index (χ1v) is 8.87. The third-order valence-electron chi connectivity index (χ3n) is 4.47. The van der Waals surface area contributed by atoms with E-state index in [1.165, 1.54) is 32.2 Å². The van der Waals surface area contributed by atoms with Crippen molar-refractivity contribution in [3.63, 3.8) is 0 Å². The number of likely N-dealkylation sites (tertiary alicyclic amines) is 1. The van der Waals surface area contributed by atoms with Crippen LogP contribution < -0.4 is 9.47 Å². The van der Waals surface area contributed by atoms with Gasteiger partial charge in [-0.2, -0.15) is 0 Å². The van der Waals surface area contributed by atoms with Gasteiger partial charge in [0.2, 0.25) is 0 Å². The third kappa shape index (κ3) is 5.24. The van der Waals surface area contributed by atoms with Crippen LogP contribution in [0.25, 0.3) is 0 Å². The van der Waals surface area contributed by atoms with Crippen molar-refractivity contribution in [2.24, 2.45) is 0 Å². The summed E-state index contributed by atoms with van der Waals surface area (Å²) in [5.41, 5.74) is 0.611. The first-order chi connectivity index (χ1) is 11.3. The van der Waals surface area contributed by atoms with E-state index in [0.717, 1.165) is 31.0 Å². The summed E-state index contributed by atoms with van der Waals surface area (Å²) in [6, 6.07) is 6.08. The van der Waals surface area contributed by atoms with Gasteiger partial charge in [-0.3, -0.25) is 4.79 Å². The van der Waals surface area contributed by atoms with E-state index in [9.17, 15) is 4.79 Å². The zero-order valence-corrected chi connectivity index (χ0v) is 14.4. The molecule has 1 saturated heterocycles. The minimum atomic E-state index is 0.560. The van der Waals surface area contributed by atoms with Crippen molar-refractivity contribution in [3.05, 3.63) is 23.8 Å². The molecule has 0 bridgehead atoms. The molecule has 4 nitrogen and oxygen atoms in total. The third-order valence-corrected chi connectivity index (χ3v) is 4.47. The van der Waals surface area contributed by atoms with Crippen molar-refractivity contribution in [2.45, 2.75) is 52.0 Å². The first kappa shape index (κ1) is 17.8. The van der Waals surface area contributed by atoms with Gasteiger partial charge in [0.15, 0.2) is 11.5 Å². The molecule has 128 valence electrons. The molecular weight excluding hydrogens is 290 g/mol. The fraction of sp³-hybridized carbons (Fsp3) is 0.632. The van der Waals surface area contributed by atoms with Crippen molar-refractivity contribution in [1.29, 1.82) is 0 Å². The van der Waals surface area contributed by atoms with Crippen LogP contribution in [0.5, 0.6) is 11.5 Å². The lowest BCUT2D eigenvalue weighted by atomic mass is 10.00. The highest BCUT2D eigenvalue weighted by atomic mass is 16.5. The van der Waals surface area contributed by atoms with Gasteiger partial charge >= 0.3 is 0 Å².